The number of fused-ring (bicyclic) bond motifs is 1. The van der Waals surface area contributed by atoms with Gasteiger partial charge in [-0.15, -0.1) is 0 Å². The van der Waals surface area contributed by atoms with Crippen molar-refractivity contribution in [1.29, 1.82) is 0 Å². The Morgan fingerprint density at radius 1 is 1.08 bits per heavy atom. The van der Waals surface area contributed by atoms with Gasteiger partial charge in [0.25, 0.3) is 10.0 Å². The van der Waals surface area contributed by atoms with Crippen LogP contribution in [0.25, 0.3) is 10.9 Å². The fourth-order valence-corrected chi connectivity index (χ4v) is 4.00. The molecule has 0 aliphatic rings. The van der Waals surface area contributed by atoms with E-state index < -0.39 is 10.0 Å². The van der Waals surface area contributed by atoms with E-state index >= 15 is 0 Å². The quantitative estimate of drug-likeness (QED) is 0.548. The smallest absolute Gasteiger partial charge is 0.276 e. The molecular weight excluding hydrogens is 346 g/mol. The van der Waals surface area contributed by atoms with Crippen molar-refractivity contribution in [2.24, 2.45) is 5.10 Å². The molecule has 0 saturated carbocycles. The van der Waals surface area contributed by atoms with Crippen LogP contribution in [0, 0.1) is 20.8 Å². The van der Waals surface area contributed by atoms with Crippen molar-refractivity contribution < 1.29 is 8.42 Å². The second kappa shape index (κ2) is 6.96. The first kappa shape index (κ1) is 18.2. The Balaban J connectivity index is 1.92. The zero-order chi connectivity index (χ0) is 18.9. The lowest BCUT2D eigenvalue weighted by Gasteiger charge is -2.06. The van der Waals surface area contributed by atoms with E-state index in [0.29, 0.717) is 0 Å². The van der Waals surface area contributed by atoms with Gasteiger partial charge in [-0.1, -0.05) is 24.3 Å². The van der Waals surface area contributed by atoms with Crippen molar-refractivity contribution in [3.63, 3.8) is 0 Å². The van der Waals surface area contributed by atoms with Gasteiger partial charge in [-0.3, -0.25) is 0 Å². The van der Waals surface area contributed by atoms with E-state index in [0.717, 1.165) is 39.8 Å². The lowest BCUT2D eigenvalue weighted by molar-refractivity contribution is 0.584. The lowest BCUT2D eigenvalue weighted by Crippen LogP contribution is -2.18. The average molecular weight is 369 g/mol. The highest BCUT2D eigenvalue weighted by Gasteiger charge is 2.14. The van der Waals surface area contributed by atoms with Gasteiger partial charge in [0.1, 0.15) is 0 Å². The molecular formula is C20H23N3O2S. The summed E-state index contributed by atoms with van der Waals surface area (Å²) in [4.78, 5) is 2.54. The molecule has 2 aromatic carbocycles. The molecule has 0 fully saturated rings. The Hall–Kier alpha value is -2.60. The molecule has 1 aromatic heterocycles. The van der Waals surface area contributed by atoms with Crippen molar-refractivity contribution in [2.75, 3.05) is 0 Å². The SMILES string of the molecule is CCn1c(C)c(/C=N/NS(=O)(=O)c2ccc(C)c(C)c2)c2ccccc21. The van der Waals surface area contributed by atoms with Crippen LogP contribution in [0.2, 0.25) is 0 Å². The van der Waals surface area contributed by atoms with Crippen molar-refractivity contribution in [3.8, 4) is 0 Å². The predicted molar refractivity (Wildman–Crippen MR) is 106 cm³/mol. The van der Waals surface area contributed by atoms with Crippen LogP contribution in [0.15, 0.2) is 52.5 Å². The topological polar surface area (TPSA) is 63.5 Å². The number of hydrazone groups is 1. The summed E-state index contributed by atoms with van der Waals surface area (Å²) in [5, 5.41) is 5.08. The van der Waals surface area contributed by atoms with Gasteiger partial charge in [0.2, 0.25) is 0 Å². The van der Waals surface area contributed by atoms with Gasteiger partial charge < -0.3 is 4.57 Å². The minimum Gasteiger partial charge on any atom is -0.344 e. The molecule has 3 aromatic rings. The number of hydrogen-bond donors (Lipinski definition) is 1. The first-order valence-electron chi connectivity index (χ1n) is 8.55. The van der Waals surface area contributed by atoms with E-state index in [4.69, 9.17) is 0 Å². The van der Waals surface area contributed by atoms with E-state index in [-0.39, 0.29) is 4.90 Å². The summed E-state index contributed by atoms with van der Waals surface area (Å²) in [6.45, 7) is 8.78. The van der Waals surface area contributed by atoms with Crippen LogP contribution in [-0.2, 0) is 16.6 Å². The number of benzene rings is 2. The third-order valence-corrected chi connectivity index (χ3v) is 5.97. The molecule has 0 unspecified atom stereocenters. The van der Waals surface area contributed by atoms with Gasteiger partial charge in [0, 0.05) is 28.7 Å². The largest absolute Gasteiger partial charge is 0.344 e. The Morgan fingerprint density at radius 2 is 1.81 bits per heavy atom. The number of sulfonamides is 1. The lowest BCUT2D eigenvalue weighted by atomic mass is 10.1. The summed E-state index contributed by atoms with van der Waals surface area (Å²) in [5.74, 6) is 0. The molecule has 6 heteroatoms. The second-order valence-electron chi connectivity index (χ2n) is 6.36. The molecule has 0 amide bonds. The zero-order valence-corrected chi connectivity index (χ0v) is 16.3. The summed E-state index contributed by atoms with van der Waals surface area (Å²) in [6, 6.07) is 13.1. The van der Waals surface area contributed by atoms with Crippen LogP contribution in [0.4, 0.5) is 0 Å². The van der Waals surface area contributed by atoms with Gasteiger partial charge >= 0.3 is 0 Å². The van der Waals surface area contributed by atoms with E-state index in [1.54, 1.807) is 24.4 Å². The molecule has 0 saturated heterocycles. The molecule has 0 bridgehead atoms. The summed E-state index contributed by atoms with van der Waals surface area (Å²) in [6.07, 6.45) is 1.59. The summed E-state index contributed by atoms with van der Waals surface area (Å²) < 4.78 is 27.1. The maximum Gasteiger partial charge on any atom is 0.276 e. The van der Waals surface area contributed by atoms with E-state index in [1.165, 1.54) is 0 Å². The third-order valence-electron chi connectivity index (χ3n) is 4.75. The maximum absolute atomic E-state index is 12.5. The first-order valence-corrected chi connectivity index (χ1v) is 10.0. The predicted octanol–water partition coefficient (Wildman–Crippen LogP) is 3.90. The number of nitrogens with zero attached hydrogens (tertiary/aromatic N) is 2. The van der Waals surface area contributed by atoms with E-state index in [9.17, 15) is 8.42 Å². The van der Waals surface area contributed by atoms with Crippen molar-refractivity contribution in [1.82, 2.24) is 9.40 Å². The van der Waals surface area contributed by atoms with Gasteiger partial charge in [0.05, 0.1) is 11.1 Å². The van der Waals surface area contributed by atoms with Crippen molar-refractivity contribution in [2.45, 2.75) is 39.1 Å². The van der Waals surface area contributed by atoms with Gasteiger partial charge in [-0.25, -0.2) is 4.83 Å². The number of hydrogen-bond acceptors (Lipinski definition) is 3. The van der Waals surface area contributed by atoms with Crippen LogP contribution >= 0.6 is 0 Å². The molecule has 0 aliphatic carbocycles. The summed E-state index contributed by atoms with van der Waals surface area (Å²) in [5.41, 5.74) is 5.08. The minimum atomic E-state index is -3.69. The minimum absolute atomic E-state index is 0.213. The van der Waals surface area contributed by atoms with Gasteiger partial charge in [-0.05, 0) is 57.0 Å². The third kappa shape index (κ3) is 3.24. The molecule has 0 atom stereocenters. The van der Waals surface area contributed by atoms with Gasteiger partial charge in [0.15, 0.2) is 0 Å². The van der Waals surface area contributed by atoms with Crippen LogP contribution in [0.1, 0.15) is 29.3 Å². The molecule has 0 spiro atoms. The monoisotopic (exact) mass is 369 g/mol. The zero-order valence-electron chi connectivity index (χ0n) is 15.4. The Morgan fingerprint density at radius 3 is 2.50 bits per heavy atom. The van der Waals surface area contributed by atoms with Crippen LogP contribution in [-0.4, -0.2) is 19.2 Å². The van der Waals surface area contributed by atoms with Crippen LogP contribution in [0.3, 0.4) is 0 Å². The fourth-order valence-electron chi connectivity index (χ4n) is 3.12. The average Bonchev–Trinajstić information content (AvgIpc) is 2.88. The summed E-state index contributed by atoms with van der Waals surface area (Å²) in [7, 11) is -3.69. The normalized spacial score (nSPS) is 12.2. The first-order chi connectivity index (χ1) is 12.3. The highest BCUT2D eigenvalue weighted by molar-refractivity contribution is 7.89. The number of nitrogens with one attached hydrogen (secondary N) is 1. The standard InChI is InChI=1S/C20H23N3O2S/c1-5-23-16(4)19(18-8-6-7-9-20(18)23)13-21-22-26(24,25)17-11-10-14(2)15(3)12-17/h6-13,22H,5H2,1-4H3/b21-13+. The highest BCUT2D eigenvalue weighted by Crippen LogP contribution is 2.24. The molecule has 3 rings (SSSR count). The Kier molecular flexibility index (Phi) is 4.87. The molecule has 1 N–H and O–H groups in total. The maximum atomic E-state index is 12.5. The van der Waals surface area contributed by atoms with Gasteiger partial charge in [-0.2, -0.15) is 13.5 Å². The molecule has 26 heavy (non-hydrogen) atoms. The molecule has 1 heterocycles. The van der Waals surface area contributed by atoms with E-state index in [2.05, 4.69) is 27.5 Å². The number of aryl methyl sites for hydroxylation is 3. The van der Waals surface area contributed by atoms with E-state index in [1.807, 2.05) is 39.0 Å². The molecule has 0 aliphatic heterocycles. The summed E-state index contributed by atoms with van der Waals surface area (Å²) >= 11 is 0. The highest BCUT2D eigenvalue weighted by atomic mass is 32.2. The fraction of sp³-hybridized carbons (Fsp3) is 0.250. The van der Waals surface area contributed by atoms with Crippen molar-refractivity contribution in [3.05, 3.63) is 64.8 Å². The second-order valence-corrected chi connectivity index (χ2v) is 8.02. The van der Waals surface area contributed by atoms with Crippen LogP contribution in [0.5, 0.6) is 0 Å². The Bertz CT molecular complexity index is 1100. The molecule has 136 valence electrons. The number of para-hydroxylation sites is 1. The van der Waals surface area contributed by atoms with Crippen molar-refractivity contribution >= 4 is 27.1 Å². The molecule has 0 radical (unpaired) electrons. The van der Waals surface area contributed by atoms with Crippen LogP contribution < -0.4 is 4.83 Å². The number of rotatable bonds is 5. The number of aromatic nitrogens is 1. The molecule has 5 nitrogen and oxygen atoms in total. The Labute approximate surface area is 154 Å².